The summed E-state index contributed by atoms with van der Waals surface area (Å²) in [4.78, 5) is 43.9. The Labute approximate surface area is 329 Å². The summed E-state index contributed by atoms with van der Waals surface area (Å²) in [5, 5.41) is 16.6. The molecule has 1 unspecified atom stereocenters. The Morgan fingerprint density at radius 2 is 1.88 bits per heavy atom. The highest BCUT2D eigenvalue weighted by Gasteiger charge is 2.70. The summed E-state index contributed by atoms with van der Waals surface area (Å²) in [6.45, 7) is 15.9. The minimum atomic E-state index is -0.719. The standard InChI is InChI=1S/C43H59N9O4/c1-6-41(4)21-34(42(5)31(29-9-10-29)13-15-43(26(2)38(41)55)16-14-33(53)37(42)43)56-35(54)23-51(45)22-32(44)30-11-7-28(8-12-30)27(3)52-25-49-36-39(47-24-48-40(36)52)50-19-17-46-18-20-50/h6-8,11-12,22,24-27,29,31,34,37-38,46,55H,1,9-10,13-21,23,44-45H2,2-5H3/b32-22-/t26-,27+,31?,34+,37-,38-,41+,42-,43-/m0/s1. The van der Waals surface area contributed by atoms with Crippen LogP contribution in [0.25, 0.3) is 16.9 Å². The van der Waals surface area contributed by atoms with Crippen molar-refractivity contribution in [2.45, 2.75) is 90.9 Å². The third kappa shape index (κ3) is 6.39. The van der Waals surface area contributed by atoms with Crippen molar-refractivity contribution in [1.29, 1.82) is 0 Å². The first-order valence-electron chi connectivity index (χ1n) is 20.6. The van der Waals surface area contributed by atoms with Crippen molar-refractivity contribution >= 4 is 34.4 Å². The van der Waals surface area contributed by atoms with Crippen LogP contribution in [0.5, 0.6) is 0 Å². The summed E-state index contributed by atoms with van der Waals surface area (Å²) in [7, 11) is 0. The molecule has 6 N–H and O–H groups in total. The Bertz CT molecular complexity index is 2010. The molecule has 3 heterocycles. The second kappa shape index (κ2) is 14.6. The van der Waals surface area contributed by atoms with Crippen LogP contribution in [0.2, 0.25) is 0 Å². The van der Waals surface area contributed by atoms with E-state index >= 15 is 0 Å². The monoisotopic (exact) mass is 765 g/mol. The summed E-state index contributed by atoms with van der Waals surface area (Å²) in [5.74, 6) is 7.47. The maximum absolute atomic E-state index is 14.0. The zero-order valence-electron chi connectivity index (χ0n) is 33.4. The number of nitrogens with one attached hydrogen (secondary N) is 1. The van der Waals surface area contributed by atoms with Gasteiger partial charge in [-0.25, -0.2) is 20.8 Å². The van der Waals surface area contributed by atoms with Crippen LogP contribution in [-0.2, 0) is 14.3 Å². The Hall–Kier alpha value is -4.33. The fraction of sp³-hybridized carbons (Fsp3) is 0.605. The lowest BCUT2D eigenvalue weighted by molar-refractivity contribution is -0.211. The predicted octanol–water partition coefficient (Wildman–Crippen LogP) is 4.57. The molecule has 5 aliphatic rings. The number of aliphatic hydroxyl groups is 1. The first-order valence-corrected chi connectivity index (χ1v) is 20.6. The molecule has 2 bridgehead atoms. The van der Waals surface area contributed by atoms with Gasteiger partial charge in [0.05, 0.1) is 24.2 Å². The molecule has 1 saturated heterocycles. The van der Waals surface area contributed by atoms with Crippen LogP contribution >= 0.6 is 0 Å². The van der Waals surface area contributed by atoms with Crippen LogP contribution < -0.4 is 21.8 Å². The molecule has 2 aromatic heterocycles. The predicted molar refractivity (Wildman–Crippen MR) is 215 cm³/mol. The molecular weight excluding hydrogens is 707 g/mol. The summed E-state index contributed by atoms with van der Waals surface area (Å²) in [5.41, 5.74) is 8.73. The Balaban J connectivity index is 0.981. The number of carbonyl (C=O) groups is 2. The molecular formula is C43H59N9O4. The first-order chi connectivity index (χ1) is 26.8. The average molecular weight is 766 g/mol. The Morgan fingerprint density at radius 1 is 1.14 bits per heavy atom. The summed E-state index contributed by atoms with van der Waals surface area (Å²) in [6.07, 6.45) is 11.3. The number of ketones is 1. The van der Waals surface area contributed by atoms with Crippen molar-refractivity contribution in [3.8, 4) is 0 Å². The number of esters is 1. The smallest absolute Gasteiger partial charge is 0.327 e. The number of Topliss-reactive ketones (excluding diaryl/α,β-unsaturated/α-hetero) is 1. The van der Waals surface area contributed by atoms with E-state index in [9.17, 15) is 14.7 Å². The molecule has 4 saturated carbocycles. The van der Waals surface area contributed by atoms with E-state index in [2.05, 4.69) is 52.1 Å². The molecule has 1 aliphatic heterocycles. The lowest BCUT2D eigenvalue weighted by Crippen LogP contribution is -2.64. The number of nitrogens with zero attached hydrogens (tertiary/aromatic N) is 6. The number of nitrogens with two attached hydrogens (primary N) is 2. The van der Waals surface area contributed by atoms with E-state index in [0.717, 1.165) is 86.4 Å². The lowest BCUT2D eigenvalue weighted by Gasteiger charge is -2.62. The normalized spacial score (nSPS) is 34.0. The van der Waals surface area contributed by atoms with Crippen LogP contribution in [-0.4, -0.2) is 86.3 Å². The molecule has 13 nitrogen and oxygen atoms in total. The number of rotatable bonds is 10. The quantitative estimate of drug-likeness (QED) is 0.0980. The maximum Gasteiger partial charge on any atom is 0.327 e. The van der Waals surface area contributed by atoms with E-state index in [1.807, 2.05) is 43.6 Å². The number of hydrogen-bond acceptors (Lipinski definition) is 12. The molecule has 13 heteroatoms. The summed E-state index contributed by atoms with van der Waals surface area (Å²) >= 11 is 0. The lowest BCUT2D eigenvalue weighted by atomic mass is 9.43. The van der Waals surface area contributed by atoms with Crippen LogP contribution in [0.1, 0.15) is 89.8 Å². The highest BCUT2D eigenvalue weighted by molar-refractivity contribution is 5.86. The molecule has 1 aromatic carbocycles. The molecule has 0 radical (unpaired) electrons. The highest BCUT2D eigenvalue weighted by atomic mass is 16.5. The second-order valence-corrected chi connectivity index (χ2v) is 17.9. The number of piperazine rings is 1. The number of carbonyl (C=O) groups excluding carboxylic acids is 2. The van der Waals surface area contributed by atoms with Crippen molar-refractivity contribution in [2.75, 3.05) is 37.6 Å². The number of fused-ring (bicyclic) bond motifs is 1. The number of hydrogen-bond donors (Lipinski definition) is 4. The second-order valence-electron chi connectivity index (χ2n) is 17.9. The van der Waals surface area contributed by atoms with E-state index in [1.54, 1.807) is 12.5 Å². The van der Waals surface area contributed by atoms with Crippen LogP contribution in [0.3, 0.4) is 0 Å². The number of hydrazine groups is 1. The Kier molecular flexibility index (Phi) is 10.0. The highest BCUT2D eigenvalue weighted by Crippen LogP contribution is 2.70. The number of ether oxygens (including phenoxy) is 1. The molecule has 5 fully saturated rings. The fourth-order valence-electron chi connectivity index (χ4n) is 11.5. The maximum atomic E-state index is 14.0. The van der Waals surface area contributed by atoms with E-state index in [1.165, 1.54) is 5.01 Å². The molecule has 4 aliphatic carbocycles. The zero-order chi connectivity index (χ0) is 39.6. The van der Waals surface area contributed by atoms with E-state index in [0.29, 0.717) is 24.5 Å². The van der Waals surface area contributed by atoms with Crippen molar-refractivity contribution in [1.82, 2.24) is 29.8 Å². The fourth-order valence-corrected chi connectivity index (χ4v) is 11.5. The van der Waals surface area contributed by atoms with Crippen LogP contribution in [0.15, 0.2) is 55.8 Å². The van der Waals surface area contributed by atoms with Gasteiger partial charge in [-0.2, -0.15) is 0 Å². The third-order valence-corrected chi connectivity index (χ3v) is 14.9. The topological polar surface area (TPSA) is 178 Å². The molecule has 0 spiro atoms. The minimum absolute atomic E-state index is 0.0541. The van der Waals surface area contributed by atoms with Gasteiger partial charge < -0.3 is 35.4 Å². The van der Waals surface area contributed by atoms with Gasteiger partial charge in [-0.3, -0.25) is 9.59 Å². The minimum Gasteiger partial charge on any atom is -0.460 e. The average Bonchev–Trinajstić information content (AvgIpc) is 3.84. The SMILES string of the molecule is C=C[C@]1(C)C[C@@H](OC(=O)CN(N)/C=C(\N)c2ccc([C@@H](C)n3cnc4c(N5CCNCC5)ncnc43)cc2)[C@]2(C)C(C3CC3)CC[C@]3(CCC(=O)[C@H]32)[C@@H](C)[C@@H]1O. The van der Waals surface area contributed by atoms with Crippen molar-refractivity contribution in [3.05, 3.63) is 66.9 Å². The van der Waals surface area contributed by atoms with Gasteiger partial charge in [-0.1, -0.05) is 51.1 Å². The van der Waals surface area contributed by atoms with Gasteiger partial charge >= 0.3 is 5.97 Å². The number of aliphatic hydroxyl groups excluding tert-OH is 1. The molecule has 0 amide bonds. The Morgan fingerprint density at radius 3 is 2.57 bits per heavy atom. The first kappa shape index (κ1) is 38.5. The number of anilines is 1. The molecule has 3 aromatic rings. The summed E-state index contributed by atoms with van der Waals surface area (Å²) < 4.78 is 8.56. The van der Waals surface area contributed by atoms with Gasteiger partial charge in [-0.15, -0.1) is 6.58 Å². The largest absolute Gasteiger partial charge is 0.460 e. The molecule has 56 heavy (non-hydrogen) atoms. The zero-order valence-corrected chi connectivity index (χ0v) is 33.4. The van der Waals surface area contributed by atoms with Crippen LogP contribution in [0, 0.1) is 39.9 Å². The molecule has 8 rings (SSSR count). The van der Waals surface area contributed by atoms with Gasteiger partial charge in [-0.05, 0) is 79.7 Å². The number of imidazole rings is 1. The van der Waals surface area contributed by atoms with Crippen LogP contribution in [0.4, 0.5) is 5.82 Å². The van der Waals surface area contributed by atoms with Gasteiger partial charge in [0.25, 0.3) is 0 Å². The third-order valence-electron chi connectivity index (χ3n) is 14.9. The van der Waals surface area contributed by atoms with E-state index in [-0.39, 0.29) is 41.5 Å². The van der Waals surface area contributed by atoms with Gasteiger partial charge in [0, 0.05) is 55.5 Å². The number of aromatic nitrogens is 4. The van der Waals surface area contributed by atoms with Gasteiger partial charge in [0.2, 0.25) is 0 Å². The van der Waals surface area contributed by atoms with Crippen molar-refractivity contribution in [3.63, 3.8) is 0 Å². The molecule has 9 atom stereocenters. The summed E-state index contributed by atoms with van der Waals surface area (Å²) in [6, 6.07) is 7.86. The molecule has 300 valence electrons. The number of benzene rings is 1. The van der Waals surface area contributed by atoms with Crippen molar-refractivity contribution in [2.24, 2.45) is 51.5 Å². The van der Waals surface area contributed by atoms with Crippen molar-refractivity contribution < 1.29 is 19.4 Å². The van der Waals surface area contributed by atoms with E-state index in [4.69, 9.17) is 21.3 Å². The van der Waals surface area contributed by atoms with Gasteiger partial charge in [0.1, 0.15) is 24.8 Å². The van der Waals surface area contributed by atoms with Gasteiger partial charge in [0.15, 0.2) is 17.0 Å². The van der Waals surface area contributed by atoms with E-state index < -0.39 is 29.0 Å².